The Morgan fingerprint density at radius 2 is 2.67 bits per heavy atom. The van der Waals surface area contributed by atoms with Gasteiger partial charge in [-0.05, 0) is 6.07 Å². The number of nitrogens with one attached hydrogen (secondary N) is 1. The number of aromatic nitrogens is 2. The van der Waals surface area contributed by atoms with Crippen LogP contribution in [0.4, 0.5) is 0 Å². The zero-order chi connectivity index (χ0) is 6.53. The number of aromatic amines is 1. The summed E-state index contributed by atoms with van der Waals surface area (Å²) in [7, 11) is 0. The predicted octanol–water partition coefficient (Wildman–Crippen LogP) is 0.236. The molecule has 1 aromatic rings. The fourth-order valence-corrected chi connectivity index (χ4v) is 0.490. The van der Waals surface area contributed by atoms with E-state index in [4.69, 9.17) is 5.84 Å². The monoisotopic (exact) mass is 125 g/mol. The molecule has 0 saturated carbocycles. The van der Waals surface area contributed by atoms with Gasteiger partial charge in [-0.2, -0.15) is 10.2 Å². The van der Waals surface area contributed by atoms with E-state index in [1.54, 1.807) is 6.20 Å². The van der Waals surface area contributed by atoms with Gasteiger partial charge in [0.2, 0.25) is 0 Å². The third kappa shape index (κ3) is 1.52. The molecule has 0 unspecified atom stereocenters. The molecule has 0 spiro atoms. The quantitative estimate of drug-likeness (QED) is 0.337. The molecule has 0 aliphatic rings. The van der Waals surface area contributed by atoms with E-state index in [0.717, 1.165) is 5.69 Å². The van der Waals surface area contributed by atoms with E-state index >= 15 is 0 Å². The first-order valence-electron chi connectivity index (χ1n) is 2.48. The first-order chi connectivity index (χ1) is 4.43. The van der Waals surface area contributed by atoms with Crippen LogP contribution >= 0.6 is 0 Å². The number of rotatable bonds is 2. The van der Waals surface area contributed by atoms with E-state index in [1.165, 1.54) is 0 Å². The zero-order valence-corrected chi connectivity index (χ0v) is 4.78. The Kier molecular flexibility index (Phi) is 1.79. The van der Waals surface area contributed by atoms with Gasteiger partial charge in [0.05, 0.1) is 5.69 Å². The van der Waals surface area contributed by atoms with Gasteiger partial charge in [0.15, 0.2) is 0 Å². The second-order valence-corrected chi connectivity index (χ2v) is 1.50. The van der Waals surface area contributed by atoms with Crippen LogP contribution in [0.1, 0.15) is 5.69 Å². The normalized spacial score (nSPS) is 10.7. The molecule has 1 rings (SSSR count). The van der Waals surface area contributed by atoms with Crippen molar-refractivity contribution in [3.8, 4) is 0 Å². The predicted molar refractivity (Wildman–Crippen MR) is 31.3 cm³/mol. The molecule has 0 aromatic carbocycles. The summed E-state index contributed by atoms with van der Waals surface area (Å²) >= 11 is 0. The van der Waals surface area contributed by atoms with Crippen molar-refractivity contribution in [3.63, 3.8) is 0 Å². The Morgan fingerprint density at radius 3 is 3.22 bits per heavy atom. The number of hydrogen-bond acceptors (Lipinski definition) is 3. The Morgan fingerprint density at radius 1 is 1.78 bits per heavy atom. The number of hydrogen-bond donors (Lipinski definition) is 2. The molecule has 1 heterocycles. The molecule has 3 N–H and O–H groups in total. The van der Waals surface area contributed by atoms with Crippen molar-refractivity contribution in [3.05, 3.63) is 18.0 Å². The summed E-state index contributed by atoms with van der Waals surface area (Å²) in [6, 6.07) is 1.81. The molecule has 5 heteroatoms. The topological polar surface area (TPSA) is 79.4 Å². The van der Waals surface area contributed by atoms with Crippen LogP contribution in [-0.4, -0.2) is 10.2 Å². The van der Waals surface area contributed by atoms with Gasteiger partial charge in [-0.25, -0.2) is 0 Å². The molecule has 0 bridgehead atoms. The fourth-order valence-electron chi connectivity index (χ4n) is 0.490. The van der Waals surface area contributed by atoms with Crippen LogP contribution in [0.2, 0.25) is 0 Å². The third-order valence-corrected chi connectivity index (χ3v) is 0.881. The third-order valence-electron chi connectivity index (χ3n) is 0.881. The highest BCUT2D eigenvalue weighted by molar-refractivity contribution is 4.95. The van der Waals surface area contributed by atoms with Gasteiger partial charge in [0, 0.05) is 6.20 Å². The van der Waals surface area contributed by atoms with Crippen molar-refractivity contribution < 1.29 is 0 Å². The molecular formula is C4H7N5. The van der Waals surface area contributed by atoms with Gasteiger partial charge in [-0.1, -0.05) is 5.22 Å². The van der Waals surface area contributed by atoms with E-state index < -0.39 is 0 Å². The highest BCUT2D eigenvalue weighted by Gasteiger charge is 1.87. The molecular weight excluding hydrogens is 118 g/mol. The van der Waals surface area contributed by atoms with Gasteiger partial charge >= 0.3 is 0 Å². The van der Waals surface area contributed by atoms with Crippen molar-refractivity contribution in [2.45, 2.75) is 6.54 Å². The van der Waals surface area contributed by atoms with Crippen molar-refractivity contribution in [1.82, 2.24) is 10.2 Å². The minimum atomic E-state index is 0.469. The van der Waals surface area contributed by atoms with Crippen molar-refractivity contribution in [2.24, 2.45) is 16.2 Å². The molecule has 0 atom stereocenters. The Hall–Kier alpha value is -1.39. The highest BCUT2D eigenvalue weighted by atomic mass is 15.3. The summed E-state index contributed by atoms with van der Waals surface area (Å²) < 4.78 is 0. The average molecular weight is 125 g/mol. The van der Waals surface area contributed by atoms with E-state index in [1.807, 2.05) is 6.07 Å². The summed E-state index contributed by atoms with van der Waals surface area (Å²) in [4.78, 5) is 0. The minimum absolute atomic E-state index is 0.469. The van der Waals surface area contributed by atoms with Crippen molar-refractivity contribution in [2.75, 3.05) is 0 Å². The summed E-state index contributed by atoms with van der Waals surface area (Å²) in [6.07, 6.45) is 1.65. The van der Waals surface area contributed by atoms with Gasteiger partial charge < -0.3 is 5.84 Å². The van der Waals surface area contributed by atoms with Crippen LogP contribution in [0.15, 0.2) is 22.6 Å². The summed E-state index contributed by atoms with van der Waals surface area (Å²) in [6.45, 7) is 0.469. The van der Waals surface area contributed by atoms with Crippen LogP contribution in [-0.2, 0) is 6.54 Å². The van der Waals surface area contributed by atoms with E-state index in [-0.39, 0.29) is 0 Å². The molecule has 9 heavy (non-hydrogen) atoms. The van der Waals surface area contributed by atoms with Crippen molar-refractivity contribution >= 4 is 0 Å². The first-order valence-corrected chi connectivity index (χ1v) is 2.48. The van der Waals surface area contributed by atoms with Crippen LogP contribution in [0.3, 0.4) is 0 Å². The second kappa shape index (κ2) is 2.81. The summed E-state index contributed by atoms with van der Waals surface area (Å²) in [5.74, 6) is 4.77. The zero-order valence-electron chi connectivity index (χ0n) is 4.78. The standard InChI is InChI=1S/C4H7N5/c5-9-7-3-4-1-2-6-8-4/h1-2H,3H2,(H2,5,7)(H,6,8). The largest absolute Gasteiger partial charge is 0.305 e. The smallest absolute Gasteiger partial charge is 0.104 e. The lowest BCUT2D eigenvalue weighted by Crippen LogP contribution is -1.82. The van der Waals surface area contributed by atoms with Crippen LogP contribution in [0.25, 0.3) is 0 Å². The highest BCUT2D eigenvalue weighted by Crippen LogP contribution is 1.92. The lowest BCUT2D eigenvalue weighted by atomic mass is 10.4. The van der Waals surface area contributed by atoms with E-state index in [9.17, 15) is 0 Å². The number of nitrogens with zero attached hydrogens (tertiary/aromatic N) is 3. The molecule has 0 fully saturated rings. The second-order valence-electron chi connectivity index (χ2n) is 1.50. The molecule has 0 saturated heterocycles. The lowest BCUT2D eigenvalue weighted by Gasteiger charge is -1.82. The van der Waals surface area contributed by atoms with Gasteiger partial charge in [-0.15, -0.1) is 0 Å². The first kappa shape index (κ1) is 5.74. The molecule has 48 valence electrons. The van der Waals surface area contributed by atoms with Gasteiger partial charge in [-0.3, -0.25) is 5.10 Å². The Bertz CT molecular complexity index is 177. The number of H-pyrrole nitrogens is 1. The van der Waals surface area contributed by atoms with Crippen LogP contribution in [0.5, 0.6) is 0 Å². The number of nitrogens with two attached hydrogens (primary N) is 1. The van der Waals surface area contributed by atoms with Crippen molar-refractivity contribution in [1.29, 1.82) is 0 Å². The summed E-state index contributed by atoms with van der Waals surface area (Å²) in [5, 5.41) is 13.1. The maximum Gasteiger partial charge on any atom is 0.104 e. The lowest BCUT2D eigenvalue weighted by molar-refractivity contribution is 0.854. The molecule has 0 aliphatic heterocycles. The summed E-state index contributed by atoms with van der Waals surface area (Å²) in [5.41, 5.74) is 0.907. The van der Waals surface area contributed by atoms with E-state index in [2.05, 4.69) is 20.5 Å². The maximum atomic E-state index is 4.77. The fraction of sp³-hybridized carbons (Fsp3) is 0.250. The van der Waals surface area contributed by atoms with Gasteiger partial charge in [0.1, 0.15) is 6.54 Å². The molecule has 0 aliphatic carbocycles. The van der Waals surface area contributed by atoms with Gasteiger partial charge in [0.25, 0.3) is 0 Å². The molecule has 0 amide bonds. The Balaban J connectivity index is 2.48. The minimum Gasteiger partial charge on any atom is -0.305 e. The SMILES string of the molecule is NN=NCc1ccn[nH]1. The molecule has 5 nitrogen and oxygen atoms in total. The molecule has 1 aromatic heterocycles. The Labute approximate surface area is 52.0 Å². The van der Waals surface area contributed by atoms with E-state index in [0.29, 0.717) is 6.54 Å². The van der Waals surface area contributed by atoms with Crippen LogP contribution in [0, 0.1) is 0 Å². The maximum absolute atomic E-state index is 4.77. The van der Waals surface area contributed by atoms with Crippen LogP contribution < -0.4 is 5.84 Å². The molecule has 0 radical (unpaired) electrons. The average Bonchev–Trinajstić information content (AvgIpc) is 2.34.